The lowest BCUT2D eigenvalue weighted by molar-refractivity contribution is -0.121. The first-order valence-electron chi connectivity index (χ1n) is 5.70. The highest BCUT2D eigenvalue weighted by atomic mass is 16.4. The van der Waals surface area contributed by atoms with Gasteiger partial charge in [-0.1, -0.05) is 6.07 Å². The summed E-state index contributed by atoms with van der Waals surface area (Å²) in [5.41, 5.74) is 0.972. The van der Waals surface area contributed by atoms with Crippen LogP contribution in [0, 0.1) is 0 Å². The zero-order chi connectivity index (χ0) is 13.1. The Morgan fingerprint density at radius 1 is 1.33 bits per heavy atom. The maximum atomic E-state index is 11.5. The van der Waals surface area contributed by atoms with Crippen LogP contribution in [0.2, 0.25) is 0 Å². The molecule has 1 aromatic carbocycles. The molecule has 5 heteroatoms. The number of amides is 1. The van der Waals surface area contributed by atoms with Crippen LogP contribution in [0.1, 0.15) is 17.3 Å². The minimum Gasteiger partial charge on any atom is -0.478 e. The average Bonchev–Trinajstić information content (AvgIpc) is 2.72. The van der Waals surface area contributed by atoms with Crippen LogP contribution in [0.3, 0.4) is 0 Å². The molecule has 0 radical (unpaired) electrons. The number of hydrogen-bond acceptors (Lipinski definition) is 2. The van der Waals surface area contributed by atoms with Gasteiger partial charge < -0.3 is 15.0 Å². The molecule has 18 heavy (non-hydrogen) atoms. The van der Waals surface area contributed by atoms with E-state index in [1.165, 1.54) is 0 Å². The monoisotopic (exact) mass is 246 g/mol. The molecule has 0 aliphatic heterocycles. The first-order valence-corrected chi connectivity index (χ1v) is 5.70. The maximum absolute atomic E-state index is 11.5. The highest BCUT2D eigenvalue weighted by molar-refractivity contribution is 5.93. The second-order valence-electron chi connectivity index (χ2n) is 3.98. The van der Waals surface area contributed by atoms with Crippen molar-refractivity contribution in [1.82, 2.24) is 9.88 Å². The van der Waals surface area contributed by atoms with Crippen molar-refractivity contribution in [2.75, 3.05) is 6.54 Å². The van der Waals surface area contributed by atoms with Crippen molar-refractivity contribution in [2.24, 2.45) is 0 Å². The predicted octanol–water partition coefficient (Wildman–Crippen LogP) is 1.48. The zero-order valence-corrected chi connectivity index (χ0v) is 10.0. The minimum atomic E-state index is -0.970. The van der Waals surface area contributed by atoms with E-state index in [9.17, 15) is 9.59 Å². The molecule has 1 heterocycles. The largest absolute Gasteiger partial charge is 0.478 e. The van der Waals surface area contributed by atoms with Crippen molar-refractivity contribution in [3.05, 3.63) is 36.0 Å². The summed E-state index contributed by atoms with van der Waals surface area (Å²) < 4.78 is 1.74. The number of hydrogen-bond donors (Lipinski definition) is 2. The second-order valence-corrected chi connectivity index (χ2v) is 3.98. The van der Waals surface area contributed by atoms with Crippen molar-refractivity contribution in [1.29, 1.82) is 0 Å². The van der Waals surface area contributed by atoms with Gasteiger partial charge in [-0.2, -0.15) is 0 Å². The summed E-state index contributed by atoms with van der Waals surface area (Å²) in [6.07, 6.45) is 1.78. The highest BCUT2D eigenvalue weighted by Gasteiger charge is 2.08. The molecule has 0 bridgehead atoms. The van der Waals surface area contributed by atoms with Crippen LogP contribution < -0.4 is 5.32 Å². The molecule has 0 saturated heterocycles. The van der Waals surface area contributed by atoms with Gasteiger partial charge in [0.25, 0.3) is 0 Å². The van der Waals surface area contributed by atoms with Gasteiger partial charge in [0.1, 0.15) is 6.54 Å². The van der Waals surface area contributed by atoms with E-state index in [0.29, 0.717) is 6.54 Å². The molecule has 1 aromatic heterocycles. The predicted molar refractivity (Wildman–Crippen MR) is 67.6 cm³/mol. The Morgan fingerprint density at radius 2 is 2.11 bits per heavy atom. The number of carboxylic acids is 1. The van der Waals surface area contributed by atoms with Crippen molar-refractivity contribution in [3.8, 4) is 0 Å². The van der Waals surface area contributed by atoms with Gasteiger partial charge in [-0.3, -0.25) is 4.79 Å². The van der Waals surface area contributed by atoms with Crippen LogP contribution in [0.25, 0.3) is 10.9 Å². The number of carbonyl (C=O) groups is 2. The quantitative estimate of drug-likeness (QED) is 0.858. The number of carbonyl (C=O) groups excluding carboxylic acids is 1. The van der Waals surface area contributed by atoms with E-state index in [2.05, 4.69) is 5.32 Å². The van der Waals surface area contributed by atoms with Gasteiger partial charge in [0.05, 0.1) is 5.56 Å². The number of rotatable bonds is 4. The lowest BCUT2D eigenvalue weighted by Crippen LogP contribution is -2.26. The van der Waals surface area contributed by atoms with E-state index >= 15 is 0 Å². The molecule has 0 unspecified atom stereocenters. The zero-order valence-electron chi connectivity index (χ0n) is 10.0. The van der Waals surface area contributed by atoms with Crippen LogP contribution in [-0.2, 0) is 11.3 Å². The molecule has 0 atom stereocenters. The summed E-state index contributed by atoms with van der Waals surface area (Å²) in [5.74, 6) is -1.06. The van der Waals surface area contributed by atoms with Crippen LogP contribution in [0.5, 0.6) is 0 Å². The summed E-state index contributed by atoms with van der Waals surface area (Å²) in [5, 5.41) is 12.6. The van der Waals surface area contributed by atoms with Gasteiger partial charge in [0.2, 0.25) is 5.91 Å². The summed E-state index contributed by atoms with van der Waals surface area (Å²) in [7, 11) is 0. The standard InChI is InChI=1S/C13H14N2O3/c1-2-14-12(16)8-15-6-5-9-3-4-10(13(17)18)7-11(9)15/h3-7H,2,8H2,1H3,(H,14,16)(H,17,18). The molecule has 0 fully saturated rings. The number of aromatic carboxylic acids is 1. The topological polar surface area (TPSA) is 71.3 Å². The third-order valence-electron chi connectivity index (χ3n) is 2.71. The fourth-order valence-corrected chi connectivity index (χ4v) is 1.86. The van der Waals surface area contributed by atoms with Gasteiger partial charge in [-0.15, -0.1) is 0 Å². The van der Waals surface area contributed by atoms with Crippen LogP contribution in [0.15, 0.2) is 30.5 Å². The van der Waals surface area contributed by atoms with E-state index in [1.807, 2.05) is 13.0 Å². The van der Waals surface area contributed by atoms with E-state index in [1.54, 1.807) is 29.0 Å². The Balaban J connectivity index is 2.36. The van der Waals surface area contributed by atoms with Crippen LogP contribution >= 0.6 is 0 Å². The molecular formula is C13H14N2O3. The molecule has 0 saturated carbocycles. The van der Waals surface area contributed by atoms with Crippen LogP contribution in [-0.4, -0.2) is 28.1 Å². The molecule has 94 valence electrons. The van der Waals surface area contributed by atoms with Gasteiger partial charge in [-0.05, 0) is 30.5 Å². The number of fused-ring (bicyclic) bond motifs is 1. The summed E-state index contributed by atoms with van der Waals surface area (Å²) in [6, 6.07) is 6.74. The fourth-order valence-electron chi connectivity index (χ4n) is 1.86. The van der Waals surface area contributed by atoms with Crippen molar-refractivity contribution < 1.29 is 14.7 Å². The Morgan fingerprint density at radius 3 is 2.78 bits per heavy atom. The first-order chi connectivity index (χ1) is 8.61. The van der Waals surface area contributed by atoms with Gasteiger partial charge in [0, 0.05) is 18.3 Å². The average molecular weight is 246 g/mol. The third kappa shape index (κ3) is 2.34. The van der Waals surface area contributed by atoms with Gasteiger partial charge in [0.15, 0.2) is 0 Å². The molecule has 0 aliphatic rings. The number of nitrogens with one attached hydrogen (secondary N) is 1. The molecule has 5 nitrogen and oxygen atoms in total. The molecule has 0 spiro atoms. The molecule has 2 aromatic rings. The minimum absolute atomic E-state index is 0.0873. The molecule has 0 aliphatic carbocycles. The fraction of sp³-hybridized carbons (Fsp3) is 0.231. The normalized spacial score (nSPS) is 10.5. The van der Waals surface area contributed by atoms with Crippen LogP contribution in [0.4, 0.5) is 0 Å². The lowest BCUT2D eigenvalue weighted by atomic mass is 10.1. The van der Waals surface area contributed by atoms with E-state index < -0.39 is 5.97 Å². The Hall–Kier alpha value is -2.30. The number of benzene rings is 1. The number of likely N-dealkylation sites (N-methyl/N-ethyl adjacent to an activating group) is 1. The van der Waals surface area contributed by atoms with Gasteiger partial charge in [-0.25, -0.2) is 4.79 Å². The van der Waals surface area contributed by atoms with Gasteiger partial charge >= 0.3 is 5.97 Å². The summed E-state index contributed by atoms with van der Waals surface area (Å²) in [4.78, 5) is 22.4. The second kappa shape index (κ2) is 4.91. The lowest BCUT2D eigenvalue weighted by Gasteiger charge is -2.06. The summed E-state index contributed by atoms with van der Waals surface area (Å²) >= 11 is 0. The Kier molecular flexibility index (Phi) is 3.32. The smallest absolute Gasteiger partial charge is 0.335 e. The number of nitrogens with zero attached hydrogens (tertiary/aromatic N) is 1. The number of aromatic nitrogens is 1. The SMILES string of the molecule is CCNC(=O)Cn1ccc2ccc(C(=O)O)cc21. The molecule has 1 amide bonds. The first kappa shape index (κ1) is 12.2. The van der Waals surface area contributed by atoms with Crippen molar-refractivity contribution in [3.63, 3.8) is 0 Å². The molecular weight excluding hydrogens is 232 g/mol. The Labute approximate surface area is 104 Å². The Bertz CT molecular complexity index is 601. The maximum Gasteiger partial charge on any atom is 0.335 e. The third-order valence-corrected chi connectivity index (χ3v) is 2.71. The highest BCUT2D eigenvalue weighted by Crippen LogP contribution is 2.17. The molecule has 2 N–H and O–H groups in total. The van der Waals surface area contributed by atoms with Crippen molar-refractivity contribution in [2.45, 2.75) is 13.5 Å². The number of carboxylic acid groups (broad SMARTS) is 1. The van der Waals surface area contributed by atoms with E-state index in [-0.39, 0.29) is 18.0 Å². The van der Waals surface area contributed by atoms with Crippen molar-refractivity contribution >= 4 is 22.8 Å². The van der Waals surface area contributed by atoms with E-state index in [4.69, 9.17) is 5.11 Å². The molecule has 2 rings (SSSR count). The van der Waals surface area contributed by atoms with E-state index in [0.717, 1.165) is 10.9 Å². The summed E-state index contributed by atoms with van der Waals surface area (Å²) in [6.45, 7) is 2.63.